The van der Waals surface area contributed by atoms with Crippen molar-refractivity contribution in [3.63, 3.8) is 0 Å². The summed E-state index contributed by atoms with van der Waals surface area (Å²) in [5.74, 6) is -0.234. The standard InChI is InChI=1S/C11H16FNO/c1-2-8-7-9(12)3-4-10(8)11(13)5-6-14/h3-4,7,11,14H,2,5-6,13H2,1H3. The van der Waals surface area contributed by atoms with Gasteiger partial charge in [-0.05, 0) is 36.1 Å². The molecule has 0 spiro atoms. The second kappa shape index (κ2) is 5.08. The molecule has 0 aliphatic heterocycles. The molecule has 0 aliphatic rings. The van der Waals surface area contributed by atoms with Gasteiger partial charge in [-0.15, -0.1) is 0 Å². The van der Waals surface area contributed by atoms with Crippen LogP contribution in [0.1, 0.15) is 30.5 Å². The summed E-state index contributed by atoms with van der Waals surface area (Å²) in [6, 6.07) is 4.42. The lowest BCUT2D eigenvalue weighted by Gasteiger charge is -2.14. The van der Waals surface area contributed by atoms with Gasteiger partial charge >= 0.3 is 0 Å². The Kier molecular flexibility index (Phi) is 4.04. The second-order valence-corrected chi connectivity index (χ2v) is 3.32. The zero-order valence-electron chi connectivity index (χ0n) is 8.33. The fourth-order valence-electron chi connectivity index (χ4n) is 1.54. The van der Waals surface area contributed by atoms with Crippen LogP contribution in [0.15, 0.2) is 18.2 Å². The quantitative estimate of drug-likeness (QED) is 0.772. The molecule has 1 aromatic rings. The minimum Gasteiger partial charge on any atom is -0.396 e. The minimum absolute atomic E-state index is 0.0572. The van der Waals surface area contributed by atoms with E-state index in [0.29, 0.717) is 6.42 Å². The summed E-state index contributed by atoms with van der Waals surface area (Å²) in [6.45, 7) is 2.02. The van der Waals surface area contributed by atoms with Crippen molar-refractivity contribution in [2.75, 3.05) is 6.61 Å². The predicted octanol–water partition coefficient (Wildman–Crippen LogP) is 1.77. The number of aliphatic hydroxyl groups is 1. The van der Waals surface area contributed by atoms with Crippen LogP contribution in [0.5, 0.6) is 0 Å². The third-order valence-electron chi connectivity index (χ3n) is 2.33. The Morgan fingerprint density at radius 2 is 2.21 bits per heavy atom. The smallest absolute Gasteiger partial charge is 0.123 e. The number of aryl methyl sites for hydroxylation is 1. The van der Waals surface area contributed by atoms with Gasteiger partial charge in [-0.3, -0.25) is 0 Å². The Morgan fingerprint density at radius 1 is 1.50 bits per heavy atom. The number of aliphatic hydroxyl groups excluding tert-OH is 1. The van der Waals surface area contributed by atoms with Gasteiger partial charge in [0.1, 0.15) is 5.82 Å². The highest BCUT2D eigenvalue weighted by molar-refractivity contribution is 5.30. The molecule has 3 N–H and O–H groups in total. The van der Waals surface area contributed by atoms with E-state index in [-0.39, 0.29) is 18.5 Å². The van der Waals surface area contributed by atoms with Gasteiger partial charge in [0.15, 0.2) is 0 Å². The van der Waals surface area contributed by atoms with Crippen molar-refractivity contribution in [3.05, 3.63) is 35.1 Å². The van der Waals surface area contributed by atoms with Gasteiger partial charge < -0.3 is 10.8 Å². The minimum atomic E-state index is -0.234. The van der Waals surface area contributed by atoms with Crippen molar-refractivity contribution in [3.8, 4) is 0 Å². The van der Waals surface area contributed by atoms with E-state index in [9.17, 15) is 4.39 Å². The molecule has 0 amide bonds. The van der Waals surface area contributed by atoms with Crippen molar-refractivity contribution < 1.29 is 9.50 Å². The normalized spacial score (nSPS) is 12.9. The van der Waals surface area contributed by atoms with Gasteiger partial charge in [-0.1, -0.05) is 13.0 Å². The SMILES string of the molecule is CCc1cc(F)ccc1C(N)CCO. The molecule has 0 bridgehead atoms. The highest BCUT2D eigenvalue weighted by Gasteiger charge is 2.10. The molecular weight excluding hydrogens is 181 g/mol. The highest BCUT2D eigenvalue weighted by Crippen LogP contribution is 2.20. The summed E-state index contributed by atoms with van der Waals surface area (Å²) in [5, 5.41) is 8.76. The summed E-state index contributed by atoms with van der Waals surface area (Å²) in [5.41, 5.74) is 7.70. The van der Waals surface area contributed by atoms with E-state index in [1.807, 2.05) is 6.92 Å². The third kappa shape index (κ3) is 2.53. The molecule has 0 aromatic heterocycles. The average Bonchev–Trinajstić information content (AvgIpc) is 2.17. The van der Waals surface area contributed by atoms with Crippen molar-refractivity contribution in [1.82, 2.24) is 0 Å². The zero-order valence-corrected chi connectivity index (χ0v) is 8.33. The predicted molar refractivity (Wildman–Crippen MR) is 54.4 cm³/mol. The lowest BCUT2D eigenvalue weighted by molar-refractivity contribution is 0.276. The van der Waals surface area contributed by atoms with Gasteiger partial charge in [0.2, 0.25) is 0 Å². The van der Waals surface area contributed by atoms with Gasteiger partial charge in [0.25, 0.3) is 0 Å². The molecule has 1 rings (SSSR count). The fourth-order valence-corrected chi connectivity index (χ4v) is 1.54. The van der Waals surface area contributed by atoms with E-state index in [1.165, 1.54) is 12.1 Å². The number of rotatable bonds is 4. The van der Waals surface area contributed by atoms with Crippen LogP contribution in [0.25, 0.3) is 0 Å². The molecule has 0 fully saturated rings. The van der Waals surface area contributed by atoms with Gasteiger partial charge in [0, 0.05) is 12.6 Å². The van der Waals surface area contributed by atoms with Crippen LogP contribution in [0.3, 0.4) is 0 Å². The Hall–Kier alpha value is -0.930. The molecule has 78 valence electrons. The lowest BCUT2D eigenvalue weighted by atomic mass is 9.97. The third-order valence-corrected chi connectivity index (χ3v) is 2.33. The summed E-state index contributed by atoms with van der Waals surface area (Å²) in [7, 11) is 0. The first-order chi connectivity index (χ1) is 6.69. The Morgan fingerprint density at radius 3 is 2.79 bits per heavy atom. The Bertz CT molecular complexity index is 301. The zero-order chi connectivity index (χ0) is 10.6. The van der Waals surface area contributed by atoms with E-state index in [2.05, 4.69) is 0 Å². The topological polar surface area (TPSA) is 46.2 Å². The first kappa shape index (κ1) is 11.1. The molecule has 1 atom stereocenters. The average molecular weight is 197 g/mol. The highest BCUT2D eigenvalue weighted by atomic mass is 19.1. The van der Waals surface area contributed by atoms with Gasteiger partial charge in [0.05, 0.1) is 0 Å². The summed E-state index contributed by atoms with van der Waals surface area (Å²) in [4.78, 5) is 0. The van der Waals surface area contributed by atoms with Crippen LogP contribution in [0, 0.1) is 5.82 Å². The van der Waals surface area contributed by atoms with Crippen LogP contribution in [-0.4, -0.2) is 11.7 Å². The van der Waals surface area contributed by atoms with E-state index >= 15 is 0 Å². The molecule has 2 nitrogen and oxygen atoms in total. The van der Waals surface area contributed by atoms with Crippen molar-refractivity contribution in [2.45, 2.75) is 25.8 Å². The maximum atomic E-state index is 12.9. The molecule has 0 heterocycles. The molecular formula is C11H16FNO. The van der Waals surface area contributed by atoms with Crippen molar-refractivity contribution in [1.29, 1.82) is 0 Å². The van der Waals surface area contributed by atoms with E-state index in [0.717, 1.165) is 17.5 Å². The Labute approximate surface area is 83.6 Å². The number of benzene rings is 1. The first-order valence-electron chi connectivity index (χ1n) is 4.83. The maximum absolute atomic E-state index is 12.9. The van der Waals surface area contributed by atoms with E-state index in [4.69, 9.17) is 10.8 Å². The fraction of sp³-hybridized carbons (Fsp3) is 0.455. The van der Waals surface area contributed by atoms with Crippen LogP contribution >= 0.6 is 0 Å². The molecule has 1 aromatic carbocycles. The van der Waals surface area contributed by atoms with E-state index in [1.54, 1.807) is 6.07 Å². The summed E-state index contributed by atoms with van der Waals surface area (Å²) in [6.07, 6.45) is 1.27. The van der Waals surface area contributed by atoms with Crippen LogP contribution in [0.2, 0.25) is 0 Å². The monoisotopic (exact) mass is 197 g/mol. The molecule has 0 saturated carbocycles. The van der Waals surface area contributed by atoms with Gasteiger partial charge in [-0.2, -0.15) is 0 Å². The van der Waals surface area contributed by atoms with Crippen molar-refractivity contribution >= 4 is 0 Å². The molecule has 0 radical (unpaired) electrons. The first-order valence-corrected chi connectivity index (χ1v) is 4.83. The number of hydrogen-bond acceptors (Lipinski definition) is 2. The number of hydrogen-bond donors (Lipinski definition) is 2. The number of nitrogens with two attached hydrogens (primary N) is 1. The molecule has 3 heteroatoms. The molecule has 14 heavy (non-hydrogen) atoms. The van der Waals surface area contributed by atoms with E-state index < -0.39 is 0 Å². The van der Waals surface area contributed by atoms with Crippen molar-refractivity contribution in [2.24, 2.45) is 5.73 Å². The lowest BCUT2D eigenvalue weighted by Crippen LogP contribution is -2.14. The molecule has 0 aliphatic carbocycles. The molecule has 0 saturated heterocycles. The van der Waals surface area contributed by atoms with Gasteiger partial charge in [-0.25, -0.2) is 4.39 Å². The Balaban J connectivity index is 2.95. The van der Waals surface area contributed by atoms with Crippen LogP contribution in [-0.2, 0) is 6.42 Å². The molecule has 1 unspecified atom stereocenters. The number of halogens is 1. The maximum Gasteiger partial charge on any atom is 0.123 e. The van der Waals surface area contributed by atoms with Crippen LogP contribution in [0.4, 0.5) is 4.39 Å². The second-order valence-electron chi connectivity index (χ2n) is 3.32. The summed E-state index contributed by atoms with van der Waals surface area (Å²) < 4.78 is 12.9. The van der Waals surface area contributed by atoms with Crippen LogP contribution < -0.4 is 5.73 Å². The summed E-state index contributed by atoms with van der Waals surface area (Å²) >= 11 is 0. The largest absolute Gasteiger partial charge is 0.396 e.